The Balaban J connectivity index is 1.13. The van der Waals surface area contributed by atoms with Crippen LogP contribution < -0.4 is 5.32 Å². The van der Waals surface area contributed by atoms with Crippen LogP contribution in [0.5, 0.6) is 0 Å². The summed E-state index contributed by atoms with van der Waals surface area (Å²) in [6.45, 7) is 0. The highest BCUT2D eigenvalue weighted by Gasteiger charge is 2.23. The molecule has 49 heavy (non-hydrogen) atoms. The van der Waals surface area contributed by atoms with Gasteiger partial charge in [0, 0.05) is 21.9 Å². The van der Waals surface area contributed by atoms with Crippen molar-refractivity contribution in [2.75, 3.05) is 0 Å². The first-order chi connectivity index (χ1) is 26.3. The number of hydrogen-bond acceptors (Lipinski definition) is 4. The van der Waals surface area contributed by atoms with Gasteiger partial charge in [0.05, 0.1) is 6.85 Å². The molecule has 0 bridgehead atoms. The van der Waals surface area contributed by atoms with Gasteiger partial charge < -0.3 is 9.73 Å². The molecule has 1 N–H and O–H groups in total. The lowest BCUT2D eigenvalue weighted by atomic mass is 9.97. The van der Waals surface area contributed by atoms with E-state index in [9.17, 15) is 0 Å². The molecule has 1 aliphatic rings. The molecule has 0 saturated carbocycles. The molecule has 0 radical (unpaired) electrons. The summed E-state index contributed by atoms with van der Waals surface area (Å²) in [5.41, 5.74) is 9.58. The quantitative estimate of drug-likeness (QED) is 0.198. The zero-order valence-corrected chi connectivity index (χ0v) is 26.2. The topological polar surface area (TPSA) is 49.9 Å². The summed E-state index contributed by atoms with van der Waals surface area (Å²) >= 11 is 0. The Morgan fingerprint density at radius 1 is 0.531 bits per heavy atom. The smallest absolute Gasteiger partial charge is 0.160 e. The van der Waals surface area contributed by atoms with Gasteiger partial charge in [-0.15, -0.1) is 0 Å². The molecule has 0 saturated heterocycles. The number of benzene rings is 7. The van der Waals surface area contributed by atoms with Gasteiger partial charge in [-0.2, -0.15) is 0 Å². The summed E-state index contributed by atoms with van der Waals surface area (Å²) in [7, 11) is 0. The Morgan fingerprint density at radius 2 is 1.10 bits per heavy atom. The van der Waals surface area contributed by atoms with Crippen LogP contribution in [0, 0.1) is 0 Å². The summed E-state index contributed by atoms with van der Waals surface area (Å²) in [6, 6.07) is 46.9. The molecule has 8 aromatic rings. The first-order valence-electron chi connectivity index (χ1n) is 18.6. The molecular formula is C45H31N3O. The summed E-state index contributed by atoms with van der Waals surface area (Å²) in [4.78, 5) is 9.88. The van der Waals surface area contributed by atoms with Crippen LogP contribution in [0.4, 0.5) is 0 Å². The summed E-state index contributed by atoms with van der Waals surface area (Å²) in [5.74, 6) is 0.823. The van der Waals surface area contributed by atoms with E-state index in [0.717, 1.165) is 38.6 Å². The van der Waals surface area contributed by atoms with Crippen molar-refractivity contribution >= 4 is 33.6 Å². The maximum absolute atomic E-state index is 8.70. The van der Waals surface area contributed by atoms with E-state index in [4.69, 9.17) is 21.3 Å². The maximum Gasteiger partial charge on any atom is 0.160 e. The van der Waals surface area contributed by atoms with E-state index in [2.05, 4.69) is 78.1 Å². The minimum Gasteiger partial charge on any atom is -0.456 e. The number of fused-ring (bicyclic) bond motifs is 3. The highest BCUT2D eigenvalue weighted by molar-refractivity contribution is 6.22. The van der Waals surface area contributed by atoms with Crippen LogP contribution in [-0.4, -0.2) is 11.7 Å². The fraction of sp³-hybridized carbons (Fsp3) is 0.0222. The molecule has 9 rings (SSSR count). The fourth-order valence-corrected chi connectivity index (χ4v) is 6.39. The molecule has 7 aromatic carbocycles. The molecule has 1 atom stereocenters. The SMILES string of the molecule is [2H]c1c([2H])c([2H])c(C2N=C(c3cccc4oc5ccc(-c6ccc(-c7ccc(-c8ccccc8)cc7)cc6)cc5c34)N=C(c3ccccc3)N2)c([2H])c1[2H]. The molecule has 0 aliphatic carbocycles. The Morgan fingerprint density at radius 3 is 1.76 bits per heavy atom. The van der Waals surface area contributed by atoms with Gasteiger partial charge >= 0.3 is 0 Å². The van der Waals surface area contributed by atoms with Gasteiger partial charge in [0.25, 0.3) is 0 Å². The maximum atomic E-state index is 8.70. The van der Waals surface area contributed by atoms with Crippen LogP contribution >= 0.6 is 0 Å². The lowest BCUT2D eigenvalue weighted by Crippen LogP contribution is -2.33. The normalized spacial score (nSPS) is 15.8. The number of nitrogens with one attached hydrogen (secondary N) is 1. The molecule has 2 heterocycles. The van der Waals surface area contributed by atoms with Crippen molar-refractivity contribution in [1.29, 1.82) is 0 Å². The first-order valence-corrected chi connectivity index (χ1v) is 16.1. The highest BCUT2D eigenvalue weighted by Crippen LogP contribution is 2.36. The van der Waals surface area contributed by atoms with E-state index in [1.165, 1.54) is 11.1 Å². The van der Waals surface area contributed by atoms with E-state index in [-0.39, 0.29) is 17.6 Å². The monoisotopic (exact) mass is 634 g/mol. The molecule has 4 heteroatoms. The average Bonchev–Trinajstić information content (AvgIpc) is 3.61. The number of hydrogen-bond donors (Lipinski definition) is 1. The molecule has 232 valence electrons. The second-order valence-electron chi connectivity index (χ2n) is 11.9. The van der Waals surface area contributed by atoms with E-state index in [1.807, 2.05) is 72.8 Å². The molecule has 0 spiro atoms. The van der Waals surface area contributed by atoms with E-state index < -0.39 is 24.3 Å². The van der Waals surface area contributed by atoms with Crippen LogP contribution in [0.1, 0.15) is 29.7 Å². The van der Waals surface area contributed by atoms with Gasteiger partial charge in [0.2, 0.25) is 0 Å². The van der Waals surface area contributed by atoms with Crippen LogP contribution in [0.2, 0.25) is 0 Å². The predicted molar refractivity (Wildman–Crippen MR) is 202 cm³/mol. The molecule has 1 aliphatic heterocycles. The summed E-state index contributed by atoms with van der Waals surface area (Å²) in [6.07, 6.45) is -1.00. The molecule has 1 aromatic heterocycles. The van der Waals surface area contributed by atoms with Crippen LogP contribution in [0.15, 0.2) is 190 Å². The van der Waals surface area contributed by atoms with Crippen molar-refractivity contribution < 1.29 is 11.3 Å². The predicted octanol–water partition coefficient (Wildman–Crippen LogP) is 11.1. The lowest BCUT2D eigenvalue weighted by molar-refractivity contribution is 0.668. The minimum atomic E-state index is -1.00. The third-order valence-electron chi connectivity index (χ3n) is 8.86. The zero-order valence-electron chi connectivity index (χ0n) is 31.2. The second kappa shape index (κ2) is 12.3. The van der Waals surface area contributed by atoms with Crippen molar-refractivity contribution in [2.45, 2.75) is 6.17 Å². The zero-order chi connectivity index (χ0) is 36.9. The molecule has 0 fully saturated rings. The third kappa shape index (κ3) is 5.49. The number of aliphatic imine (C=N–C) groups is 2. The van der Waals surface area contributed by atoms with E-state index >= 15 is 0 Å². The molecule has 4 nitrogen and oxygen atoms in total. The molecule has 1 unspecified atom stereocenters. The minimum absolute atomic E-state index is 0.0453. The number of furan rings is 1. The Hall–Kier alpha value is -6.52. The Kier molecular flexibility index (Phi) is 5.94. The summed E-state index contributed by atoms with van der Waals surface area (Å²) < 4.78 is 48.5. The van der Waals surface area contributed by atoms with Gasteiger partial charge in [-0.05, 0) is 57.1 Å². The highest BCUT2D eigenvalue weighted by atomic mass is 16.3. The standard InChI is InChI=1S/C45H31N3O/c1-4-11-30(12-5-1)31-19-21-32(22-20-31)33-23-25-34(26-24-33)37-27-28-40-39(29-37)42-38(17-10-18-41(42)49-40)45-47-43(35-13-6-2-7-14-35)46-44(48-45)36-15-8-3-9-16-36/h1-29,43H,(H,46,47,48)/i2D,6D,7D,13D,14D. The van der Waals surface area contributed by atoms with Crippen LogP contribution in [0.3, 0.4) is 0 Å². The van der Waals surface area contributed by atoms with E-state index in [0.29, 0.717) is 28.4 Å². The molecular weight excluding hydrogens is 599 g/mol. The number of amidine groups is 2. The summed E-state index contributed by atoms with van der Waals surface area (Å²) in [5, 5.41) is 4.95. The lowest BCUT2D eigenvalue weighted by Gasteiger charge is -2.23. The average molecular weight is 635 g/mol. The largest absolute Gasteiger partial charge is 0.456 e. The van der Waals surface area contributed by atoms with Crippen molar-refractivity contribution in [1.82, 2.24) is 5.32 Å². The van der Waals surface area contributed by atoms with Crippen molar-refractivity contribution in [3.8, 4) is 33.4 Å². The van der Waals surface area contributed by atoms with E-state index in [1.54, 1.807) is 0 Å². The van der Waals surface area contributed by atoms with Crippen molar-refractivity contribution in [3.63, 3.8) is 0 Å². The van der Waals surface area contributed by atoms with Crippen LogP contribution in [-0.2, 0) is 0 Å². The Labute approximate surface area is 291 Å². The number of nitrogens with zero attached hydrogens (tertiary/aromatic N) is 2. The molecule has 0 amide bonds. The van der Waals surface area contributed by atoms with Crippen LogP contribution in [0.25, 0.3) is 55.3 Å². The van der Waals surface area contributed by atoms with Gasteiger partial charge in [0.1, 0.15) is 23.2 Å². The van der Waals surface area contributed by atoms with Crippen molar-refractivity contribution in [2.24, 2.45) is 9.98 Å². The Bertz CT molecular complexity index is 2750. The second-order valence-corrected chi connectivity index (χ2v) is 11.9. The van der Waals surface area contributed by atoms with Crippen molar-refractivity contribution in [3.05, 3.63) is 192 Å². The number of rotatable bonds is 6. The first kappa shape index (κ1) is 23.7. The third-order valence-corrected chi connectivity index (χ3v) is 8.86. The van der Waals surface area contributed by atoms with Gasteiger partial charge in [-0.1, -0.05) is 158 Å². The van der Waals surface area contributed by atoms with Gasteiger partial charge in [0.15, 0.2) is 5.84 Å². The van der Waals surface area contributed by atoms with Gasteiger partial charge in [-0.25, -0.2) is 9.98 Å². The fourth-order valence-electron chi connectivity index (χ4n) is 6.39. The van der Waals surface area contributed by atoms with Gasteiger partial charge in [-0.3, -0.25) is 0 Å².